The molecule has 0 atom stereocenters. The molecule has 5 nitrogen and oxygen atoms in total. The van der Waals surface area contributed by atoms with E-state index in [-0.39, 0.29) is 5.89 Å². The van der Waals surface area contributed by atoms with Gasteiger partial charge in [-0.3, -0.25) is 0 Å². The van der Waals surface area contributed by atoms with Gasteiger partial charge >= 0.3 is 0 Å². The van der Waals surface area contributed by atoms with Crippen LogP contribution in [0.1, 0.15) is 37.1 Å². The van der Waals surface area contributed by atoms with E-state index in [1.807, 2.05) is 19.1 Å². The summed E-state index contributed by atoms with van der Waals surface area (Å²) in [5.74, 6) is 0.397. The van der Waals surface area contributed by atoms with E-state index in [2.05, 4.69) is 20.1 Å². The van der Waals surface area contributed by atoms with Crippen LogP contribution in [0.2, 0.25) is 0 Å². The zero-order valence-corrected chi connectivity index (χ0v) is 12.6. The minimum Gasteiger partial charge on any atom is -0.345 e. The van der Waals surface area contributed by atoms with Crippen LogP contribution in [-0.4, -0.2) is 26.5 Å². The van der Waals surface area contributed by atoms with Crippen molar-refractivity contribution in [3.05, 3.63) is 29.9 Å². The molecule has 2 heterocycles. The van der Waals surface area contributed by atoms with E-state index in [4.69, 9.17) is 4.52 Å². The van der Waals surface area contributed by atoms with Gasteiger partial charge in [-0.1, -0.05) is 18.0 Å². The summed E-state index contributed by atoms with van der Waals surface area (Å²) in [5, 5.41) is 3.94. The second-order valence-electron chi connectivity index (χ2n) is 6.18. The van der Waals surface area contributed by atoms with Crippen LogP contribution in [0.4, 0.5) is 8.78 Å². The maximum Gasteiger partial charge on any atom is 0.252 e. The highest BCUT2D eigenvalue weighted by Crippen LogP contribution is 2.45. The number of alkyl halides is 2. The van der Waals surface area contributed by atoms with Crippen LogP contribution in [0.3, 0.4) is 0 Å². The van der Waals surface area contributed by atoms with Gasteiger partial charge in [-0.2, -0.15) is 4.98 Å². The van der Waals surface area contributed by atoms with Crippen LogP contribution < -0.4 is 0 Å². The molecule has 0 bridgehead atoms. The van der Waals surface area contributed by atoms with Crippen LogP contribution in [0, 0.1) is 6.92 Å². The summed E-state index contributed by atoms with van der Waals surface area (Å²) in [6.07, 6.45) is 1.45. The number of aryl methyl sites for hydroxylation is 1. The molecule has 0 spiro atoms. The van der Waals surface area contributed by atoms with E-state index in [1.54, 1.807) is 6.33 Å². The SMILES string of the molecule is Cc1cc(-c2noc(C3(C(F)F)CCCC3)n2)cc2[nH]cnc12. The van der Waals surface area contributed by atoms with E-state index < -0.39 is 11.8 Å². The molecule has 0 radical (unpaired) electrons. The van der Waals surface area contributed by atoms with Crippen molar-refractivity contribution in [3.63, 3.8) is 0 Å². The molecule has 1 aliphatic rings. The van der Waals surface area contributed by atoms with Gasteiger partial charge in [-0.25, -0.2) is 13.8 Å². The molecular formula is C16H16F2N4O. The highest BCUT2D eigenvalue weighted by Gasteiger charge is 2.48. The minimum atomic E-state index is -2.49. The molecule has 0 unspecified atom stereocenters. The molecule has 1 aliphatic carbocycles. The van der Waals surface area contributed by atoms with E-state index in [0.29, 0.717) is 18.7 Å². The molecule has 3 aromatic rings. The first-order chi connectivity index (χ1) is 11.1. The van der Waals surface area contributed by atoms with Crippen molar-refractivity contribution in [2.45, 2.75) is 44.4 Å². The Morgan fingerprint density at radius 2 is 2.04 bits per heavy atom. The van der Waals surface area contributed by atoms with E-state index in [0.717, 1.165) is 35.0 Å². The number of halogens is 2. The summed E-state index contributed by atoms with van der Waals surface area (Å²) in [4.78, 5) is 11.6. The van der Waals surface area contributed by atoms with Gasteiger partial charge in [0.25, 0.3) is 6.43 Å². The lowest BCUT2D eigenvalue weighted by atomic mass is 9.86. The molecule has 1 saturated carbocycles. The summed E-state index contributed by atoms with van der Waals surface area (Å²) in [6.45, 7) is 1.94. The maximum atomic E-state index is 13.6. The van der Waals surface area contributed by atoms with Gasteiger partial charge < -0.3 is 9.51 Å². The summed E-state index contributed by atoms with van der Waals surface area (Å²) in [6, 6.07) is 3.75. The Bertz CT molecular complexity index is 849. The van der Waals surface area contributed by atoms with Crippen LogP contribution in [-0.2, 0) is 5.41 Å². The third kappa shape index (κ3) is 2.14. The largest absolute Gasteiger partial charge is 0.345 e. The lowest BCUT2D eigenvalue weighted by Gasteiger charge is -2.22. The predicted molar refractivity (Wildman–Crippen MR) is 80.3 cm³/mol. The molecule has 0 amide bonds. The Hall–Kier alpha value is -2.31. The van der Waals surface area contributed by atoms with E-state index in [9.17, 15) is 8.78 Å². The number of H-pyrrole nitrogens is 1. The zero-order chi connectivity index (χ0) is 16.0. The molecule has 120 valence electrons. The molecule has 1 fully saturated rings. The quantitative estimate of drug-likeness (QED) is 0.792. The number of nitrogens with one attached hydrogen (secondary N) is 1. The van der Waals surface area contributed by atoms with Crippen molar-refractivity contribution < 1.29 is 13.3 Å². The minimum absolute atomic E-state index is 0.0577. The van der Waals surface area contributed by atoms with Crippen molar-refractivity contribution in [2.75, 3.05) is 0 Å². The standard InChI is InChI=1S/C16H16F2N4O/c1-9-6-10(7-11-12(9)20-8-19-11)13-21-15(23-22-13)16(14(17)18)4-2-3-5-16/h6-8,14H,2-5H2,1H3,(H,19,20). The molecule has 0 aliphatic heterocycles. The fourth-order valence-electron chi connectivity index (χ4n) is 3.43. The smallest absolute Gasteiger partial charge is 0.252 e. The van der Waals surface area contributed by atoms with Crippen LogP contribution in [0.15, 0.2) is 23.0 Å². The Balaban J connectivity index is 1.77. The highest BCUT2D eigenvalue weighted by molar-refractivity contribution is 5.83. The number of fused-ring (bicyclic) bond motifs is 1. The van der Waals surface area contributed by atoms with Gasteiger partial charge in [0.15, 0.2) is 0 Å². The first-order valence-corrected chi connectivity index (χ1v) is 7.66. The molecule has 4 rings (SSSR count). The van der Waals surface area contributed by atoms with Gasteiger partial charge in [0.2, 0.25) is 11.7 Å². The third-order valence-electron chi connectivity index (χ3n) is 4.74. The van der Waals surface area contributed by atoms with Gasteiger partial charge in [0, 0.05) is 5.56 Å². The summed E-state index contributed by atoms with van der Waals surface area (Å²) < 4.78 is 32.4. The molecule has 23 heavy (non-hydrogen) atoms. The zero-order valence-electron chi connectivity index (χ0n) is 12.6. The van der Waals surface area contributed by atoms with Gasteiger partial charge in [-0.05, 0) is 37.5 Å². The Morgan fingerprint density at radius 1 is 1.26 bits per heavy atom. The topological polar surface area (TPSA) is 67.6 Å². The van der Waals surface area contributed by atoms with E-state index >= 15 is 0 Å². The average Bonchev–Trinajstić information content (AvgIpc) is 3.26. The average molecular weight is 318 g/mol. The molecule has 0 saturated heterocycles. The van der Waals surface area contributed by atoms with Crippen LogP contribution in [0.25, 0.3) is 22.4 Å². The van der Waals surface area contributed by atoms with Crippen LogP contribution in [0.5, 0.6) is 0 Å². The first kappa shape index (κ1) is 14.3. The number of benzene rings is 1. The number of rotatable bonds is 3. The van der Waals surface area contributed by atoms with Crippen LogP contribution >= 0.6 is 0 Å². The fourth-order valence-corrected chi connectivity index (χ4v) is 3.43. The lowest BCUT2D eigenvalue weighted by molar-refractivity contribution is 0.0328. The van der Waals surface area contributed by atoms with Crippen molar-refractivity contribution in [1.29, 1.82) is 0 Å². The number of aromatic amines is 1. The number of hydrogen-bond donors (Lipinski definition) is 1. The second kappa shape index (κ2) is 5.11. The molecule has 2 aromatic heterocycles. The van der Waals surface area contributed by atoms with Crippen molar-refractivity contribution in [3.8, 4) is 11.4 Å². The number of nitrogens with zero attached hydrogens (tertiary/aromatic N) is 3. The first-order valence-electron chi connectivity index (χ1n) is 7.66. The van der Waals surface area contributed by atoms with Crippen molar-refractivity contribution >= 4 is 11.0 Å². The molecular weight excluding hydrogens is 302 g/mol. The summed E-state index contributed by atoms with van der Waals surface area (Å²) in [7, 11) is 0. The monoisotopic (exact) mass is 318 g/mol. The second-order valence-corrected chi connectivity index (χ2v) is 6.18. The van der Waals surface area contributed by atoms with Gasteiger partial charge in [-0.15, -0.1) is 0 Å². The van der Waals surface area contributed by atoms with E-state index in [1.165, 1.54) is 0 Å². The molecule has 1 aromatic carbocycles. The summed E-state index contributed by atoms with van der Waals surface area (Å²) in [5.41, 5.74) is 2.15. The predicted octanol–water partition coefficient (Wildman–Crippen LogP) is 4.00. The molecule has 7 heteroatoms. The maximum absolute atomic E-state index is 13.6. The highest BCUT2D eigenvalue weighted by atomic mass is 19.3. The Kier molecular flexibility index (Phi) is 3.18. The summed E-state index contributed by atoms with van der Waals surface area (Å²) >= 11 is 0. The van der Waals surface area contributed by atoms with Crippen molar-refractivity contribution in [2.24, 2.45) is 0 Å². The lowest BCUT2D eigenvalue weighted by Crippen LogP contribution is -2.31. The normalized spacial score (nSPS) is 17.4. The van der Waals surface area contributed by atoms with Gasteiger partial charge in [0.05, 0.1) is 17.4 Å². The Labute approximate surface area is 131 Å². The fraction of sp³-hybridized carbons (Fsp3) is 0.438. The van der Waals surface area contributed by atoms with Gasteiger partial charge in [0.1, 0.15) is 5.41 Å². The van der Waals surface area contributed by atoms with Crippen molar-refractivity contribution in [1.82, 2.24) is 20.1 Å². The third-order valence-corrected chi connectivity index (χ3v) is 4.74. The number of aromatic nitrogens is 4. The Morgan fingerprint density at radius 3 is 2.78 bits per heavy atom. The molecule has 1 N–H and O–H groups in total. The number of imidazole rings is 1. The number of hydrogen-bond acceptors (Lipinski definition) is 4.